The molecule has 0 heterocycles. The van der Waals surface area contributed by atoms with Crippen LogP contribution in [0.2, 0.25) is 0 Å². The Bertz CT molecular complexity index is 659. The fourth-order valence-electron chi connectivity index (χ4n) is 7.40. The third kappa shape index (κ3) is 35.7. The van der Waals surface area contributed by atoms with Crippen LogP contribution in [0.5, 0.6) is 0 Å². The van der Waals surface area contributed by atoms with Crippen molar-refractivity contribution in [1.82, 2.24) is 5.32 Å². The fraction of sp³-hybridized carbons (Fsp3) is 0.978. The summed E-state index contributed by atoms with van der Waals surface area (Å²) in [6.45, 7) is 4.17. The van der Waals surface area contributed by atoms with Gasteiger partial charge in [0.25, 0.3) is 0 Å². The zero-order chi connectivity index (χ0) is 36.6. The topological polar surface area (TPSA) is 89.8 Å². The molecule has 0 aliphatic carbocycles. The average Bonchev–Trinajstić information content (AvgIpc) is 3.12. The number of nitrogens with one attached hydrogen (secondary N) is 1. The Hall–Kier alpha value is -0.650. The maximum atomic E-state index is 12.4. The van der Waals surface area contributed by atoms with Crippen LogP contribution in [0, 0.1) is 0 Å². The van der Waals surface area contributed by atoms with Gasteiger partial charge in [-0.3, -0.25) is 4.79 Å². The Morgan fingerprint density at radius 3 is 0.960 bits per heavy atom. The van der Waals surface area contributed by atoms with Crippen molar-refractivity contribution in [3.8, 4) is 0 Å². The third-order valence-electron chi connectivity index (χ3n) is 11.0. The van der Waals surface area contributed by atoms with Crippen LogP contribution in [-0.4, -0.2) is 46.1 Å². The van der Waals surface area contributed by atoms with Gasteiger partial charge >= 0.3 is 0 Å². The molecule has 0 fully saturated rings. The first-order valence-electron chi connectivity index (χ1n) is 22.8. The highest BCUT2D eigenvalue weighted by Gasteiger charge is 2.26. The first-order valence-corrected chi connectivity index (χ1v) is 22.8. The Balaban J connectivity index is 3.45. The molecule has 0 bridgehead atoms. The van der Waals surface area contributed by atoms with E-state index in [1.165, 1.54) is 193 Å². The lowest BCUT2D eigenvalue weighted by atomic mass is 9.99. The number of hydrogen-bond donors (Lipinski definition) is 4. The molecule has 4 N–H and O–H groups in total. The maximum Gasteiger partial charge on any atom is 0.220 e. The van der Waals surface area contributed by atoms with Gasteiger partial charge < -0.3 is 20.6 Å². The Kier molecular flexibility index (Phi) is 40.6. The summed E-state index contributed by atoms with van der Waals surface area (Å²) in [7, 11) is 0. The molecule has 0 radical (unpaired) electrons. The van der Waals surface area contributed by atoms with E-state index in [2.05, 4.69) is 19.2 Å². The molecule has 300 valence electrons. The summed E-state index contributed by atoms with van der Waals surface area (Å²) in [5.41, 5.74) is 0. The second kappa shape index (κ2) is 41.1. The largest absolute Gasteiger partial charge is 0.394 e. The van der Waals surface area contributed by atoms with Gasteiger partial charge in [-0.1, -0.05) is 239 Å². The van der Waals surface area contributed by atoms with Crippen LogP contribution in [0.15, 0.2) is 0 Å². The number of carbonyl (C=O) groups excluding carboxylic acids is 1. The lowest BCUT2D eigenvalue weighted by Crippen LogP contribution is -2.50. The molecule has 0 aromatic heterocycles. The molecule has 0 unspecified atom stereocenters. The second-order valence-electron chi connectivity index (χ2n) is 16.0. The van der Waals surface area contributed by atoms with Gasteiger partial charge in [-0.25, -0.2) is 0 Å². The van der Waals surface area contributed by atoms with E-state index in [1.807, 2.05) is 0 Å². The summed E-state index contributed by atoms with van der Waals surface area (Å²) in [6.07, 6.45) is 46.7. The predicted octanol–water partition coefficient (Wildman–Crippen LogP) is 13.0. The summed E-state index contributed by atoms with van der Waals surface area (Å²) < 4.78 is 0. The highest BCUT2D eigenvalue weighted by atomic mass is 16.3. The zero-order valence-corrected chi connectivity index (χ0v) is 34.1. The van der Waals surface area contributed by atoms with E-state index in [1.54, 1.807) is 0 Å². The molecule has 0 aliphatic heterocycles. The van der Waals surface area contributed by atoms with Crippen molar-refractivity contribution < 1.29 is 20.1 Å². The standard InChI is InChI=1S/C45H91NO4/c1-3-5-7-9-11-13-14-15-16-17-18-19-20-21-22-23-24-25-26-27-28-29-30-32-34-36-38-40-44(49)46-42(41-47)45(50)43(48)39-37-35-33-31-12-10-8-6-4-2/h42-43,45,47-48,50H,3-41H2,1-2H3,(H,46,49)/t42-,43+,45-/m0/s1. The van der Waals surface area contributed by atoms with E-state index >= 15 is 0 Å². The molecule has 0 aromatic rings. The van der Waals surface area contributed by atoms with Crippen molar-refractivity contribution in [1.29, 1.82) is 0 Å². The molecular weight excluding hydrogens is 618 g/mol. The Morgan fingerprint density at radius 1 is 0.420 bits per heavy atom. The van der Waals surface area contributed by atoms with Crippen LogP contribution in [0.4, 0.5) is 0 Å². The number of rotatable bonds is 42. The number of amides is 1. The monoisotopic (exact) mass is 710 g/mol. The number of aliphatic hydroxyl groups excluding tert-OH is 3. The molecule has 1 amide bonds. The number of aliphatic hydroxyl groups is 3. The van der Waals surface area contributed by atoms with E-state index < -0.39 is 18.2 Å². The van der Waals surface area contributed by atoms with Gasteiger partial charge in [0.05, 0.1) is 18.8 Å². The van der Waals surface area contributed by atoms with Crippen molar-refractivity contribution in [3.63, 3.8) is 0 Å². The summed E-state index contributed by atoms with van der Waals surface area (Å²) in [5, 5.41) is 33.4. The summed E-state index contributed by atoms with van der Waals surface area (Å²) in [5.74, 6) is -0.141. The zero-order valence-electron chi connectivity index (χ0n) is 34.1. The van der Waals surface area contributed by atoms with E-state index in [4.69, 9.17) is 0 Å². The van der Waals surface area contributed by atoms with Gasteiger partial charge in [0.2, 0.25) is 5.91 Å². The third-order valence-corrected chi connectivity index (χ3v) is 11.0. The molecule has 0 saturated heterocycles. The van der Waals surface area contributed by atoms with Crippen LogP contribution in [-0.2, 0) is 4.79 Å². The Morgan fingerprint density at radius 2 is 0.680 bits per heavy atom. The van der Waals surface area contributed by atoms with Gasteiger partial charge in [-0.05, 0) is 12.8 Å². The smallest absolute Gasteiger partial charge is 0.220 e. The molecule has 3 atom stereocenters. The molecular formula is C45H91NO4. The Labute approximate surface area is 313 Å². The summed E-state index contributed by atoms with van der Waals surface area (Å²) >= 11 is 0. The molecule has 0 aliphatic rings. The van der Waals surface area contributed by atoms with Crippen LogP contribution < -0.4 is 5.32 Å². The molecule has 0 saturated carbocycles. The predicted molar refractivity (Wildman–Crippen MR) is 218 cm³/mol. The average molecular weight is 710 g/mol. The first-order chi connectivity index (χ1) is 24.6. The fourth-order valence-corrected chi connectivity index (χ4v) is 7.40. The van der Waals surface area contributed by atoms with E-state index in [9.17, 15) is 20.1 Å². The van der Waals surface area contributed by atoms with Crippen LogP contribution >= 0.6 is 0 Å². The van der Waals surface area contributed by atoms with Crippen LogP contribution in [0.1, 0.15) is 258 Å². The van der Waals surface area contributed by atoms with Crippen molar-refractivity contribution in [2.24, 2.45) is 0 Å². The van der Waals surface area contributed by atoms with Crippen molar-refractivity contribution in [3.05, 3.63) is 0 Å². The summed E-state index contributed by atoms with van der Waals surface area (Å²) in [6, 6.07) is -0.801. The molecule has 50 heavy (non-hydrogen) atoms. The highest BCUT2D eigenvalue weighted by Crippen LogP contribution is 2.17. The van der Waals surface area contributed by atoms with Crippen molar-refractivity contribution in [2.75, 3.05) is 6.61 Å². The molecule has 0 aromatic carbocycles. The van der Waals surface area contributed by atoms with Gasteiger partial charge in [0, 0.05) is 6.42 Å². The number of unbranched alkanes of at least 4 members (excludes halogenated alkanes) is 34. The number of hydrogen-bond acceptors (Lipinski definition) is 4. The normalized spacial score (nSPS) is 13.5. The van der Waals surface area contributed by atoms with E-state index in [0.29, 0.717) is 12.8 Å². The lowest BCUT2D eigenvalue weighted by molar-refractivity contribution is -0.124. The highest BCUT2D eigenvalue weighted by molar-refractivity contribution is 5.76. The lowest BCUT2D eigenvalue weighted by Gasteiger charge is -2.26. The van der Waals surface area contributed by atoms with Gasteiger partial charge in [0.1, 0.15) is 6.10 Å². The molecule has 0 spiro atoms. The molecule has 5 nitrogen and oxygen atoms in total. The maximum absolute atomic E-state index is 12.4. The minimum atomic E-state index is -1.13. The number of carbonyl (C=O) groups is 1. The SMILES string of the molecule is CCCCCCCCCCCCCCCCCCCCCCCCCCCCCC(=O)N[C@@H](CO)[C@H](O)[C@H](O)CCCCCCCCCCC. The summed E-state index contributed by atoms with van der Waals surface area (Å²) in [4.78, 5) is 12.4. The first kappa shape index (κ1) is 49.4. The molecule has 5 heteroatoms. The van der Waals surface area contributed by atoms with Crippen molar-refractivity contribution >= 4 is 5.91 Å². The quantitative estimate of drug-likeness (QED) is 0.0475. The van der Waals surface area contributed by atoms with Gasteiger partial charge in [0.15, 0.2) is 0 Å². The van der Waals surface area contributed by atoms with Crippen molar-refractivity contribution in [2.45, 2.75) is 276 Å². The minimum absolute atomic E-state index is 0.141. The van der Waals surface area contributed by atoms with Gasteiger partial charge in [-0.2, -0.15) is 0 Å². The minimum Gasteiger partial charge on any atom is -0.394 e. The van der Waals surface area contributed by atoms with Crippen LogP contribution in [0.25, 0.3) is 0 Å². The van der Waals surface area contributed by atoms with Crippen LogP contribution in [0.3, 0.4) is 0 Å². The molecule has 0 rings (SSSR count). The second-order valence-corrected chi connectivity index (χ2v) is 16.0. The van der Waals surface area contributed by atoms with E-state index in [-0.39, 0.29) is 12.5 Å². The van der Waals surface area contributed by atoms with E-state index in [0.717, 1.165) is 38.5 Å². The van der Waals surface area contributed by atoms with Gasteiger partial charge in [-0.15, -0.1) is 0 Å².